The fraction of sp³-hybridized carbons (Fsp3) is 0.500. The first-order valence-electron chi connectivity index (χ1n) is 7.17. The summed E-state index contributed by atoms with van der Waals surface area (Å²) in [5, 5.41) is 6.11. The van der Waals surface area contributed by atoms with E-state index in [-0.39, 0.29) is 29.2 Å². The second kappa shape index (κ2) is 6.16. The van der Waals surface area contributed by atoms with Crippen molar-refractivity contribution in [3.05, 3.63) is 23.2 Å². The summed E-state index contributed by atoms with van der Waals surface area (Å²) in [5.41, 5.74) is 0.308. The fourth-order valence-corrected chi connectivity index (χ4v) is 2.47. The number of halogens is 1. The molecule has 2 unspecified atom stereocenters. The fourth-order valence-electron chi connectivity index (χ4n) is 2.22. The van der Waals surface area contributed by atoms with E-state index < -0.39 is 0 Å². The molecular weight excluding hydrogens is 304 g/mol. The molecule has 2 atom stereocenters. The van der Waals surface area contributed by atoms with Crippen LogP contribution in [-0.2, 0) is 9.59 Å². The number of ether oxygens (including phenoxy) is 1. The second-order valence-corrected chi connectivity index (χ2v) is 6.93. The number of rotatable bonds is 4. The van der Waals surface area contributed by atoms with E-state index in [0.29, 0.717) is 22.9 Å². The van der Waals surface area contributed by atoms with Crippen LogP contribution in [0.15, 0.2) is 18.2 Å². The van der Waals surface area contributed by atoms with Gasteiger partial charge in [-0.2, -0.15) is 0 Å². The van der Waals surface area contributed by atoms with Gasteiger partial charge in [-0.25, -0.2) is 0 Å². The Morgan fingerprint density at radius 2 is 1.86 bits per heavy atom. The van der Waals surface area contributed by atoms with Crippen molar-refractivity contribution in [1.82, 2.24) is 5.32 Å². The van der Waals surface area contributed by atoms with Gasteiger partial charge in [-0.05, 0) is 45.4 Å². The molecule has 0 aromatic heterocycles. The third kappa shape index (κ3) is 4.13. The van der Waals surface area contributed by atoms with Gasteiger partial charge in [-0.15, -0.1) is 0 Å². The van der Waals surface area contributed by atoms with Gasteiger partial charge in [0.05, 0.1) is 24.0 Å². The highest BCUT2D eigenvalue weighted by atomic mass is 35.5. The Bertz CT molecular complexity index is 596. The molecule has 0 heterocycles. The van der Waals surface area contributed by atoms with Crippen LogP contribution < -0.4 is 15.4 Å². The van der Waals surface area contributed by atoms with Crippen molar-refractivity contribution in [2.75, 3.05) is 12.4 Å². The maximum Gasteiger partial charge on any atom is 0.228 e. The predicted molar refractivity (Wildman–Crippen MR) is 86.1 cm³/mol. The Labute approximate surface area is 135 Å². The number of methoxy groups -OCH3 is 1. The summed E-state index contributed by atoms with van der Waals surface area (Å²) < 4.78 is 5.06. The molecule has 0 spiro atoms. The van der Waals surface area contributed by atoms with Gasteiger partial charge in [0, 0.05) is 11.2 Å². The van der Waals surface area contributed by atoms with Crippen molar-refractivity contribution >= 4 is 29.1 Å². The van der Waals surface area contributed by atoms with Gasteiger partial charge in [0.15, 0.2) is 0 Å². The van der Waals surface area contributed by atoms with E-state index in [2.05, 4.69) is 10.6 Å². The Hall–Kier alpha value is -1.75. The summed E-state index contributed by atoms with van der Waals surface area (Å²) in [6.07, 6.45) is 0.581. The standard InChI is InChI=1S/C16H21ClN2O3/c1-16(2,3)19-15(21)11-8-10(11)14(20)18-9-5-6-13(22-4)12(17)7-9/h5-7,10-11H,8H2,1-4H3,(H,18,20)(H,19,21). The minimum absolute atomic E-state index is 0.0691. The first kappa shape index (κ1) is 16.6. The van der Waals surface area contributed by atoms with Crippen LogP contribution in [0.1, 0.15) is 27.2 Å². The molecule has 120 valence electrons. The molecule has 1 aromatic carbocycles. The minimum atomic E-state index is -0.287. The first-order chi connectivity index (χ1) is 10.2. The summed E-state index contributed by atoms with van der Waals surface area (Å²) in [6.45, 7) is 5.76. The van der Waals surface area contributed by atoms with Crippen molar-refractivity contribution in [2.45, 2.75) is 32.7 Å². The zero-order valence-electron chi connectivity index (χ0n) is 13.2. The first-order valence-corrected chi connectivity index (χ1v) is 7.55. The quantitative estimate of drug-likeness (QED) is 0.895. The monoisotopic (exact) mass is 324 g/mol. The maximum atomic E-state index is 12.2. The number of amides is 2. The molecule has 0 radical (unpaired) electrons. The van der Waals surface area contributed by atoms with Gasteiger partial charge < -0.3 is 15.4 Å². The van der Waals surface area contributed by atoms with Crippen molar-refractivity contribution < 1.29 is 14.3 Å². The van der Waals surface area contributed by atoms with Crippen molar-refractivity contribution in [1.29, 1.82) is 0 Å². The molecule has 6 heteroatoms. The molecule has 0 aliphatic heterocycles. The van der Waals surface area contributed by atoms with Crippen LogP contribution in [0.3, 0.4) is 0 Å². The SMILES string of the molecule is COc1ccc(NC(=O)C2CC2C(=O)NC(C)(C)C)cc1Cl. The van der Waals surface area contributed by atoms with E-state index in [4.69, 9.17) is 16.3 Å². The van der Waals surface area contributed by atoms with Crippen molar-refractivity contribution in [2.24, 2.45) is 11.8 Å². The van der Waals surface area contributed by atoms with Crippen LogP contribution >= 0.6 is 11.6 Å². The van der Waals surface area contributed by atoms with Crippen LogP contribution in [-0.4, -0.2) is 24.5 Å². The van der Waals surface area contributed by atoms with E-state index in [1.54, 1.807) is 18.2 Å². The number of carbonyl (C=O) groups excluding carboxylic acids is 2. The topological polar surface area (TPSA) is 67.4 Å². The van der Waals surface area contributed by atoms with Gasteiger partial charge in [0.2, 0.25) is 11.8 Å². The molecule has 0 saturated heterocycles. The highest BCUT2D eigenvalue weighted by molar-refractivity contribution is 6.32. The van der Waals surface area contributed by atoms with E-state index in [9.17, 15) is 9.59 Å². The molecule has 1 aromatic rings. The highest BCUT2D eigenvalue weighted by Gasteiger charge is 2.48. The smallest absolute Gasteiger partial charge is 0.228 e. The third-order valence-electron chi connectivity index (χ3n) is 3.38. The molecule has 22 heavy (non-hydrogen) atoms. The summed E-state index contributed by atoms with van der Waals surface area (Å²) in [7, 11) is 1.53. The number of hydrogen-bond acceptors (Lipinski definition) is 3. The highest BCUT2D eigenvalue weighted by Crippen LogP contribution is 2.40. The van der Waals surface area contributed by atoms with Gasteiger partial charge in [-0.3, -0.25) is 9.59 Å². The molecule has 1 fully saturated rings. The Kier molecular flexibility index (Phi) is 4.66. The predicted octanol–water partition coefficient (Wildman–Crippen LogP) is 2.84. The van der Waals surface area contributed by atoms with Crippen LogP contribution in [0.5, 0.6) is 5.75 Å². The molecule has 2 rings (SSSR count). The lowest BCUT2D eigenvalue weighted by Gasteiger charge is -2.20. The summed E-state index contributed by atoms with van der Waals surface area (Å²) >= 11 is 6.02. The number of benzene rings is 1. The average molecular weight is 325 g/mol. The lowest BCUT2D eigenvalue weighted by atomic mass is 10.1. The Morgan fingerprint density at radius 1 is 1.23 bits per heavy atom. The average Bonchev–Trinajstić information content (AvgIpc) is 3.17. The summed E-state index contributed by atoms with van der Waals surface area (Å²) in [4.78, 5) is 24.2. The van der Waals surface area contributed by atoms with E-state index in [0.717, 1.165) is 0 Å². The molecule has 2 amide bonds. The van der Waals surface area contributed by atoms with Crippen molar-refractivity contribution in [3.8, 4) is 5.75 Å². The Balaban J connectivity index is 1.92. The van der Waals surface area contributed by atoms with Gasteiger partial charge in [-0.1, -0.05) is 11.6 Å². The zero-order chi connectivity index (χ0) is 16.5. The minimum Gasteiger partial charge on any atom is -0.495 e. The summed E-state index contributed by atoms with van der Waals surface area (Å²) in [6, 6.07) is 5.04. The number of carbonyl (C=O) groups is 2. The van der Waals surface area contributed by atoms with Crippen LogP contribution in [0.25, 0.3) is 0 Å². The summed E-state index contributed by atoms with van der Waals surface area (Å²) in [5.74, 6) is -0.194. The lowest BCUT2D eigenvalue weighted by molar-refractivity contribution is -0.126. The molecule has 1 saturated carbocycles. The van der Waals surface area contributed by atoms with Crippen LogP contribution in [0.2, 0.25) is 5.02 Å². The largest absolute Gasteiger partial charge is 0.495 e. The van der Waals surface area contributed by atoms with Gasteiger partial charge >= 0.3 is 0 Å². The number of anilines is 1. The number of hydrogen-bond donors (Lipinski definition) is 2. The molecule has 1 aliphatic rings. The molecular formula is C16H21ClN2O3. The van der Waals surface area contributed by atoms with E-state index in [1.807, 2.05) is 20.8 Å². The van der Waals surface area contributed by atoms with Gasteiger partial charge in [0.1, 0.15) is 5.75 Å². The zero-order valence-corrected chi connectivity index (χ0v) is 14.0. The molecule has 1 aliphatic carbocycles. The van der Waals surface area contributed by atoms with Crippen LogP contribution in [0.4, 0.5) is 5.69 Å². The van der Waals surface area contributed by atoms with Gasteiger partial charge in [0.25, 0.3) is 0 Å². The van der Waals surface area contributed by atoms with E-state index >= 15 is 0 Å². The maximum absolute atomic E-state index is 12.2. The van der Waals surface area contributed by atoms with E-state index in [1.165, 1.54) is 7.11 Å². The molecule has 2 N–H and O–H groups in total. The lowest BCUT2D eigenvalue weighted by Crippen LogP contribution is -2.42. The Morgan fingerprint density at radius 3 is 2.41 bits per heavy atom. The van der Waals surface area contributed by atoms with Crippen molar-refractivity contribution in [3.63, 3.8) is 0 Å². The number of nitrogens with one attached hydrogen (secondary N) is 2. The molecule has 0 bridgehead atoms. The van der Waals surface area contributed by atoms with Crippen LogP contribution in [0, 0.1) is 11.8 Å². The normalized spacial score (nSPS) is 20.2. The molecule has 5 nitrogen and oxygen atoms in total. The second-order valence-electron chi connectivity index (χ2n) is 6.53. The third-order valence-corrected chi connectivity index (χ3v) is 3.68.